The summed E-state index contributed by atoms with van der Waals surface area (Å²) in [7, 11) is 0. The van der Waals surface area contributed by atoms with Gasteiger partial charge in [0.15, 0.2) is 12.4 Å². The lowest BCUT2D eigenvalue weighted by Gasteiger charge is -2.05. The minimum absolute atomic E-state index is 0.0716. The number of halogens is 3. The van der Waals surface area contributed by atoms with Crippen LogP contribution in [0, 0.1) is 0 Å². The van der Waals surface area contributed by atoms with Crippen molar-refractivity contribution in [1.29, 1.82) is 0 Å². The minimum Gasteiger partial charge on any atom is -0.470 e. The molecule has 0 saturated carbocycles. The monoisotopic (exact) mass is 319 g/mol. The molecule has 112 valence electrons. The normalized spacial score (nSPS) is 10.7. The second-order valence-electron chi connectivity index (χ2n) is 3.61. The number of aromatic nitrogens is 3. The highest BCUT2D eigenvalue weighted by Gasteiger charge is 2.18. The molecule has 0 spiro atoms. The molecule has 21 heavy (non-hydrogen) atoms. The fraction of sp³-hybridized carbons (Fsp3) is 0.182. The van der Waals surface area contributed by atoms with Gasteiger partial charge < -0.3 is 14.6 Å². The number of pyridine rings is 1. The molecule has 1 N–H and O–H groups in total. The van der Waals surface area contributed by atoms with E-state index in [1.165, 1.54) is 12.3 Å². The van der Waals surface area contributed by atoms with E-state index >= 15 is 0 Å². The van der Waals surface area contributed by atoms with E-state index in [1.54, 1.807) is 6.07 Å². The predicted molar refractivity (Wildman–Crippen MR) is 66.5 cm³/mol. The summed E-state index contributed by atoms with van der Waals surface area (Å²) in [6, 6.07) is 4.10. The van der Waals surface area contributed by atoms with Crippen LogP contribution < -0.4 is 9.47 Å². The summed E-state index contributed by atoms with van der Waals surface area (Å²) in [4.78, 5) is 14.6. The first kappa shape index (κ1) is 15.0. The van der Waals surface area contributed by atoms with Crippen LogP contribution in [0.2, 0.25) is 5.02 Å². The van der Waals surface area contributed by atoms with Crippen LogP contribution in [-0.2, 0) is 0 Å². The van der Waals surface area contributed by atoms with Gasteiger partial charge in [-0.3, -0.25) is 0 Å². The van der Waals surface area contributed by atoms with Crippen molar-refractivity contribution in [2.24, 2.45) is 0 Å². The number of carboxylic acid groups (broad SMARTS) is 1. The summed E-state index contributed by atoms with van der Waals surface area (Å²) in [5.74, 6) is -0.456. The molecule has 0 amide bonds. The standard InChI is InChI=1S/C11H8ClF2N3O4/c12-6-2-1-3-15-10(6)17-9(21-11(18)19)4-8(16-17)20-5-7(13)14/h1-4,7H,5H2,(H,18,19). The second-order valence-corrected chi connectivity index (χ2v) is 4.02. The summed E-state index contributed by atoms with van der Waals surface area (Å²) in [5.41, 5.74) is 0. The Balaban J connectivity index is 2.38. The van der Waals surface area contributed by atoms with E-state index in [4.69, 9.17) is 21.4 Å². The van der Waals surface area contributed by atoms with E-state index < -0.39 is 19.2 Å². The van der Waals surface area contributed by atoms with Gasteiger partial charge in [0.2, 0.25) is 11.8 Å². The zero-order valence-corrected chi connectivity index (χ0v) is 11.0. The highest BCUT2D eigenvalue weighted by atomic mass is 35.5. The maximum absolute atomic E-state index is 12.1. The van der Waals surface area contributed by atoms with Gasteiger partial charge in [-0.05, 0) is 12.1 Å². The van der Waals surface area contributed by atoms with Gasteiger partial charge in [-0.15, -0.1) is 5.10 Å². The molecule has 10 heteroatoms. The molecule has 0 radical (unpaired) electrons. The molecule has 7 nitrogen and oxygen atoms in total. The van der Waals surface area contributed by atoms with E-state index in [9.17, 15) is 13.6 Å². The van der Waals surface area contributed by atoms with E-state index in [2.05, 4.69) is 14.8 Å². The topological polar surface area (TPSA) is 86.5 Å². The van der Waals surface area contributed by atoms with Gasteiger partial charge >= 0.3 is 6.16 Å². The van der Waals surface area contributed by atoms with Crippen LogP contribution in [0.4, 0.5) is 13.6 Å². The van der Waals surface area contributed by atoms with Gasteiger partial charge in [0.1, 0.15) is 0 Å². The Bertz CT molecular complexity index is 650. The van der Waals surface area contributed by atoms with E-state index in [1.807, 2.05) is 0 Å². The zero-order chi connectivity index (χ0) is 15.4. The third-order valence-electron chi connectivity index (χ3n) is 2.14. The lowest BCUT2D eigenvalue weighted by atomic mass is 10.4. The van der Waals surface area contributed by atoms with E-state index in [-0.39, 0.29) is 22.6 Å². The SMILES string of the molecule is O=C(O)Oc1cc(OCC(F)F)nn1-c1ncccc1Cl. The van der Waals surface area contributed by atoms with Gasteiger partial charge in [-0.25, -0.2) is 18.6 Å². The Labute approximate surface area is 121 Å². The first-order chi connectivity index (χ1) is 9.97. The van der Waals surface area contributed by atoms with Crippen LogP contribution in [-0.4, -0.2) is 39.1 Å². The summed E-state index contributed by atoms with van der Waals surface area (Å²) in [5, 5.41) is 12.6. The van der Waals surface area contributed by atoms with Gasteiger partial charge in [0, 0.05) is 6.20 Å². The smallest absolute Gasteiger partial charge is 0.470 e. The molecular weight excluding hydrogens is 312 g/mol. The largest absolute Gasteiger partial charge is 0.512 e. The number of ether oxygens (including phenoxy) is 2. The van der Waals surface area contributed by atoms with E-state index in [0.29, 0.717) is 0 Å². The molecule has 2 aromatic heterocycles. The maximum Gasteiger partial charge on any atom is 0.512 e. The first-order valence-corrected chi connectivity index (χ1v) is 5.88. The van der Waals surface area contributed by atoms with Gasteiger partial charge in [0.25, 0.3) is 6.43 Å². The van der Waals surface area contributed by atoms with Crippen LogP contribution in [0.3, 0.4) is 0 Å². The molecule has 0 aliphatic heterocycles. The molecule has 2 heterocycles. The number of hydrogen-bond acceptors (Lipinski definition) is 5. The van der Waals surface area contributed by atoms with Gasteiger partial charge in [-0.2, -0.15) is 4.68 Å². The summed E-state index contributed by atoms with van der Waals surface area (Å²) in [6.07, 6.45) is -2.91. The minimum atomic E-state index is -2.70. The Hall–Kier alpha value is -2.42. The van der Waals surface area contributed by atoms with Crippen molar-refractivity contribution in [2.45, 2.75) is 6.43 Å². The Morgan fingerprint density at radius 1 is 1.52 bits per heavy atom. The van der Waals surface area contributed by atoms with Crippen LogP contribution in [0.5, 0.6) is 11.8 Å². The molecule has 0 saturated heterocycles. The number of rotatable bonds is 5. The van der Waals surface area contributed by atoms with Gasteiger partial charge in [-0.1, -0.05) is 11.6 Å². The van der Waals surface area contributed by atoms with Crippen molar-refractivity contribution in [3.8, 4) is 17.6 Å². The Morgan fingerprint density at radius 2 is 2.29 bits per heavy atom. The number of carbonyl (C=O) groups is 1. The fourth-order valence-electron chi connectivity index (χ4n) is 1.41. The average Bonchev–Trinajstić information content (AvgIpc) is 2.79. The number of nitrogens with zero attached hydrogens (tertiary/aromatic N) is 3. The third-order valence-corrected chi connectivity index (χ3v) is 2.44. The molecule has 0 aromatic carbocycles. The van der Waals surface area contributed by atoms with Crippen molar-refractivity contribution in [1.82, 2.24) is 14.8 Å². The molecule has 0 atom stereocenters. The van der Waals surface area contributed by atoms with Crippen molar-refractivity contribution in [2.75, 3.05) is 6.61 Å². The number of alkyl halides is 2. The Morgan fingerprint density at radius 3 is 2.90 bits per heavy atom. The lowest BCUT2D eigenvalue weighted by molar-refractivity contribution is 0.0793. The third kappa shape index (κ3) is 3.78. The molecule has 0 aliphatic carbocycles. The first-order valence-electron chi connectivity index (χ1n) is 5.50. The maximum atomic E-state index is 12.1. The van der Waals surface area contributed by atoms with Gasteiger partial charge in [0.05, 0.1) is 11.1 Å². The van der Waals surface area contributed by atoms with Crippen molar-refractivity contribution in [3.05, 3.63) is 29.4 Å². The predicted octanol–water partition coefficient (Wildman–Crippen LogP) is 2.62. The quantitative estimate of drug-likeness (QED) is 0.852. The highest BCUT2D eigenvalue weighted by Crippen LogP contribution is 2.26. The molecule has 0 fully saturated rings. The molecule has 2 rings (SSSR count). The summed E-state index contributed by atoms with van der Waals surface area (Å²) in [6.45, 7) is -0.889. The van der Waals surface area contributed by atoms with Crippen LogP contribution in [0.15, 0.2) is 24.4 Å². The van der Waals surface area contributed by atoms with E-state index in [0.717, 1.165) is 10.7 Å². The molecular formula is C11H8ClF2N3O4. The molecule has 0 unspecified atom stereocenters. The summed E-state index contributed by atoms with van der Waals surface area (Å²) >= 11 is 5.92. The summed E-state index contributed by atoms with van der Waals surface area (Å²) < 4.78 is 34.4. The van der Waals surface area contributed by atoms with Crippen molar-refractivity contribution in [3.63, 3.8) is 0 Å². The van der Waals surface area contributed by atoms with Crippen molar-refractivity contribution >= 4 is 17.8 Å². The van der Waals surface area contributed by atoms with Crippen LogP contribution >= 0.6 is 11.6 Å². The average molecular weight is 320 g/mol. The molecule has 0 aliphatic rings. The highest BCUT2D eigenvalue weighted by molar-refractivity contribution is 6.32. The molecule has 2 aromatic rings. The zero-order valence-electron chi connectivity index (χ0n) is 10.2. The van der Waals surface area contributed by atoms with Crippen LogP contribution in [0.1, 0.15) is 0 Å². The Kier molecular flexibility index (Phi) is 4.53. The van der Waals surface area contributed by atoms with Crippen LogP contribution in [0.25, 0.3) is 5.82 Å². The number of hydrogen-bond donors (Lipinski definition) is 1. The fourth-order valence-corrected chi connectivity index (χ4v) is 1.61. The second kappa shape index (κ2) is 6.35. The van der Waals surface area contributed by atoms with Crippen molar-refractivity contribution < 1.29 is 28.2 Å². The molecule has 0 bridgehead atoms. The lowest BCUT2D eigenvalue weighted by Crippen LogP contribution is -2.10.